The highest BCUT2D eigenvalue weighted by Gasteiger charge is 2.10. The molecule has 0 aromatic carbocycles. The van der Waals surface area contributed by atoms with Gasteiger partial charge in [-0.25, -0.2) is 4.98 Å². The smallest absolute Gasteiger partial charge is 0.271 e. The van der Waals surface area contributed by atoms with Gasteiger partial charge in [0.15, 0.2) is 0 Å². The number of hydrogen-bond acceptors (Lipinski definition) is 5. The first kappa shape index (κ1) is 16.1. The van der Waals surface area contributed by atoms with Crippen molar-refractivity contribution in [3.05, 3.63) is 38.0 Å². The topological polar surface area (TPSA) is 68.0 Å². The summed E-state index contributed by atoms with van der Waals surface area (Å²) >= 11 is 3.17. The maximum Gasteiger partial charge on any atom is 0.271 e. The molecular weight excluding hydrogens is 302 g/mol. The van der Waals surface area contributed by atoms with Gasteiger partial charge in [-0.3, -0.25) is 4.79 Å². The third-order valence-electron chi connectivity index (χ3n) is 2.36. The summed E-state index contributed by atoms with van der Waals surface area (Å²) < 4.78 is 0. The number of nitrogens with zero attached hydrogens (tertiary/aromatic N) is 1. The Hall–Kier alpha value is -0.950. The molecular formula is C12H16ClN3OS2. The third kappa shape index (κ3) is 4.58. The van der Waals surface area contributed by atoms with E-state index in [0.29, 0.717) is 18.8 Å². The van der Waals surface area contributed by atoms with Gasteiger partial charge in [0.1, 0.15) is 5.69 Å². The Bertz CT molecular complexity index is 539. The number of rotatable bonds is 5. The first-order chi connectivity index (χ1) is 8.69. The minimum atomic E-state index is -0.124. The normalized spacial score (nSPS) is 10.0. The molecule has 7 heteroatoms. The fourth-order valence-electron chi connectivity index (χ4n) is 1.49. The molecule has 0 atom stereocenters. The Labute approximate surface area is 126 Å². The lowest BCUT2D eigenvalue weighted by molar-refractivity contribution is 0.0947. The van der Waals surface area contributed by atoms with Crippen LogP contribution in [-0.4, -0.2) is 17.4 Å². The quantitative estimate of drug-likeness (QED) is 0.889. The molecule has 0 saturated heterocycles. The van der Waals surface area contributed by atoms with Crippen LogP contribution in [0.5, 0.6) is 0 Å². The SMILES string of the molecule is Cc1ccc(CNC(=O)c2csc(CCN)n2)s1.Cl. The lowest BCUT2D eigenvalue weighted by atomic mass is 10.4. The fraction of sp³-hybridized carbons (Fsp3) is 0.333. The zero-order valence-electron chi connectivity index (χ0n) is 10.5. The maximum atomic E-state index is 11.8. The molecule has 19 heavy (non-hydrogen) atoms. The average Bonchev–Trinajstić information content (AvgIpc) is 2.96. The zero-order valence-corrected chi connectivity index (χ0v) is 13.0. The predicted octanol–water partition coefficient (Wildman–Crippen LogP) is 2.37. The van der Waals surface area contributed by atoms with Crippen molar-refractivity contribution in [1.82, 2.24) is 10.3 Å². The van der Waals surface area contributed by atoms with E-state index in [1.54, 1.807) is 16.7 Å². The van der Waals surface area contributed by atoms with Gasteiger partial charge in [0.05, 0.1) is 11.6 Å². The van der Waals surface area contributed by atoms with Gasteiger partial charge < -0.3 is 11.1 Å². The van der Waals surface area contributed by atoms with Crippen LogP contribution in [0.1, 0.15) is 25.3 Å². The van der Waals surface area contributed by atoms with Gasteiger partial charge in [-0.2, -0.15) is 0 Å². The summed E-state index contributed by atoms with van der Waals surface area (Å²) in [7, 11) is 0. The molecule has 0 unspecified atom stereocenters. The van der Waals surface area contributed by atoms with Crippen LogP contribution in [0.4, 0.5) is 0 Å². The van der Waals surface area contributed by atoms with Crippen LogP contribution >= 0.6 is 35.1 Å². The van der Waals surface area contributed by atoms with Crippen LogP contribution in [0, 0.1) is 6.92 Å². The minimum absolute atomic E-state index is 0. The first-order valence-corrected chi connectivity index (χ1v) is 7.36. The number of aryl methyl sites for hydroxylation is 1. The number of halogens is 1. The van der Waals surface area contributed by atoms with Crippen LogP contribution in [-0.2, 0) is 13.0 Å². The number of aromatic nitrogens is 1. The molecule has 3 N–H and O–H groups in total. The maximum absolute atomic E-state index is 11.8. The van der Waals surface area contributed by atoms with Gasteiger partial charge in [0.2, 0.25) is 0 Å². The predicted molar refractivity (Wildman–Crippen MR) is 82.3 cm³/mol. The van der Waals surface area contributed by atoms with E-state index in [0.717, 1.165) is 16.3 Å². The molecule has 0 aliphatic rings. The van der Waals surface area contributed by atoms with Gasteiger partial charge in [0, 0.05) is 21.6 Å². The van der Waals surface area contributed by atoms with Crippen LogP contribution in [0.15, 0.2) is 17.5 Å². The lowest BCUT2D eigenvalue weighted by Gasteiger charge is -2.00. The van der Waals surface area contributed by atoms with E-state index in [1.807, 2.05) is 12.1 Å². The number of carbonyl (C=O) groups is 1. The number of nitrogens with one attached hydrogen (secondary N) is 1. The summed E-state index contributed by atoms with van der Waals surface area (Å²) in [6, 6.07) is 4.08. The van der Waals surface area contributed by atoms with Gasteiger partial charge in [-0.05, 0) is 25.6 Å². The van der Waals surface area contributed by atoms with Crippen molar-refractivity contribution >= 4 is 41.0 Å². The molecule has 0 aliphatic carbocycles. The number of nitrogens with two attached hydrogens (primary N) is 1. The highest BCUT2D eigenvalue weighted by atomic mass is 35.5. The van der Waals surface area contributed by atoms with Gasteiger partial charge in [-0.15, -0.1) is 35.1 Å². The summed E-state index contributed by atoms with van der Waals surface area (Å²) in [6.45, 7) is 3.17. The second-order valence-corrected chi connectivity index (χ2v) is 6.18. The van der Waals surface area contributed by atoms with Crippen LogP contribution in [0.2, 0.25) is 0 Å². The lowest BCUT2D eigenvalue weighted by Crippen LogP contribution is -2.22. The second-order valence-electron chi connectivity index (χ2n) is 3.86. The first-order valence-electron chi connectivity index (χ1n) is 5.67. The van der Waals surface area contributed by atoms with Crippen molar-refractivity contribution in [2.75, 3.05) is 6.54 Å². The summed E-state index contributed by atoms with van der Waals surface area (Å²) in [5, 5.41) is 5.56. The zero-order chi connectivity index (χ0) is 13.0. The minimum Gasteiger partial charge on any atom is -0.346 e. The molecule has 2 aromatic rings. The van der Waals surface area contributed by atoms with Crippen LogP contribution in [0.25, 0.3) is 0 Å². The molecule has 2 heterocycles. The van der Waals surface area contributed by atoms with E-state index in [2.05, 4.69) is 17.2 Å². The van der Waals surface area contributed by atoms with Crippen molar-refractivity contribution in [1.29, 1.82) is 0 Å². The van der Waals surface area contributed by atoms with Crippen LogP contribution in [0.3, 0.4) is 0 Å². The number of carbonyl (C=O) groups excluding carboxylic acids is 1. The van der Waals surface area contributed by atoms with Crippen molar-refractivity contribution in [3.63, 3.8) is 0 Å². The number of amides is 1. The van der Waals surface area contributed by atoms with E-state index < -0.39 is 0 Å². The Morgan fingerprint density at radius 2 is 2.26 bits per heavy atom. The molecule has 2 aromatic heterocycles. The molecule has 1 amide bonds. The second kappa shape index (κ2) is 7.59. The Morgan fingerprint density at radius 3 is 2.89 bits per heavy atom. The van der Waals surface area contributed by atoms with Crippen molar-refractivity contribution in [2.24, 2.45) is 5.73 Å². The van der Waals surface area contributed by atoms with Gasteiger partial charge >= 0.3 is 0 Å². The molecule has 0 saturated carbocycles. The molecule has 0 radical (unpaired) electrons. The van der Waals surface area contributed by atoms with Gasteiger partial charge in [0.25, 0.3) is 5.91 Å². The van der Waals surface area contributed by atoms with E-state index in [9.17, 15) is 4.79 Å². The van der Waals surface area contributed by atoms with E-state index in [4.69, 9.17) is 5.73 Å². The summed E-state index contributed by atoms with van der Waals surface area (Å²) in [4.78, 5) is 18.5. The van der Waals surface area contributed by atoms with Crippen molar-refractivity contribution < 1.29 is 4.79 Å². The van der Waals surface area contributed by atoms with Crippen LogP contribution < -0.4 is 11.1 Å². The summed E-state index contributed by atoms with van der Waals surface area (Å²) in [5.41, 5.74) is 5.93. The molecule has 4 nitrogen and oxygen atoms in total. The van der Waals surface area contributed by atoms with E-state index in [-0.39, 0.29) is 18.3 Å². The Balaban J connectivity index is 0.00000180. The molecule has 104 valence electrons. The Morgan fingerprint density at radius 1 is 1.47 bits per heavy atom. The average molecular weight is 318 g/mol. The van der Waals surface area contributed by atoms with Crippen molar-refractivity contribution in [3.8, 4) is 0 Å². The number of thiazole rings is 1. The Kier molecular flexibility index (Phi) is 6.44. The third-order valence-corrected chi connectivity index (χ3v) is 4.27. The van der Waals surface area contributed by atoms with E-state index >= 15 is 0 Å². The molecule has 0 aliphatic heterocycles. The fourth-order valence-corrected chi connectivity index (χ4v) is 3.12. The standard InChI is InChI=1S/C12H15N3OS2.ClH/c1-8-2-3-9(18-8)6-14-12(16)10-7-17-11(15-10)4-5-13;/h2-3,7H,4-6,13H2,1H3,(H,14,16);1H. The van der Waals surface area contributed by atoms with E-state index in [1.165, 1.54) is 16.2 Å². The molecule has 0 bridgehead atoms. The number of thiophene rings is 1. The molecule has 0 spiro atoms. The highest BCUT2D eigenvalue weighted by molar-refractivity contribution is 7.11. The largest absolute Gasteiger partial charge is 0.346 e. The number of hydrogen-bond donors (Lipinski definition) is 2. The monoisotopic (exact) mass is 317 g/mol. The summed E-state index contributed by atoms with van der Waals surface area (Å²) in [5.74, 6) is -0.124. The highest BCUT2D eigenvalue weighted by Crippen LogP contribution is 2.15. The van der Waals surface area contributed by atoms with Gasteiger partial charge in [-0.1, -0.05) is 0 Å². The molecule has 2 rings (SSSR count). The molecule has 0 fully saturated rings. The summed E-state index contributed by atoms with van der Waals surface area (Å²) in [6.07, 6.45) is 0.724. The van der Waals surface area contributed by atoms with Crippen molar-refractivity contribution in [2.45, 2.75) is 19.9 Å².